The van der Waals surface area contributed by atoms with Gasteiger partial charge in [0.05, 0.1) is 0 Å². The van der Waals surface area contributed by atoms with Gasteiger partial charge in [0, 0.05) is 19.0 Å². The first-order valence-electron chi connectivity index (χ1n) is 5.92. The van der Waals surface area contributed by atoms with Crippen LogP contribution in [0.25, 0.3) is 0 Å². The van der Waals surface area contributed by atoms with Gasteiger partial charge in [0.1, 0.15) is 17.3 Å². The van der Waals surface area contributed by atoms with E-state index in [9.17, 15) is 8.78 Å². The maximum absolute atomic E-state index is 13.8. The molecule has 0 aliphatic carbocycles. The second-order valence-electron chi connectivity index (χ2n) is 3.97. The van der Waals surface area contributed by atoms with Gasteiger partial charge in [-0.3, -0.25) is 0 Å². The van der Waals surface area contributed by atoms with Gasteiger partial charge in [0.2, 0.25) is 0 Å². The van der Waals surface area contributed by atoms with Crippen LogP contribution in [-0.4, -0.2) is 13.1 Å². The number of hydrogen-bond acceptors (Lipinski definition) is 1. The number of alkyl halides is 1. The minimum atomic E-state index is -0.529. The molecule has 0 atom stereocenters. The summed E-state index contributed by atoms with van der Waals surface area (Å²) in [6, 6.07) is 2.61. The molecule has 17 heavy (non-hydrogen) atoms. The quantitative estimate of drug-likeness (QED) is 0.689. The summed E-state index contributed by atoms with van der Waals surface area (Å²) >= 11 is 5.57. The molecule has 0 fully saturated rings. The van der Waals surface area contributed by atoms with E-state index in [2.05, 4.69) is 6.92 Å². The van der Waals surface area contributed by atoms with Gasteiger partial charge >= 0.3 is 0 Å². The predicted octanol–water partition coefficient (Wildman–Crippen LogP) is 4.33. The predicted molar refractivity (Wildman–Crippen MR) is 68.7 cm³/mol. The Hall–Kier alpha value is -0.830. The van der Waals surface area contributed by atoms with Gasteiger partial charge < -0.3 is 4.90 Å². The van der Waals surface area contributed by atoms with Crippen LogP contribution in [0.3, 0.4) is 0 Å². The topological polar surface area (TPSA) is 3.24 Å². The molecular weight excluding hydrogens is 244 g/mol. The van der Waals surface area contributed by atoms with Gasteiger partial charge in [0.15, 0.2) is 0 Å². The van der Waals surface area contributed by atoms with Crippen molar-refractivity contribution in [1.82, 2.24) is 0 Å². The van der Waals surface area contributed by atoms with Crippen molar-refractivity contribution >= 4 is 17.3 Å². The Morgan fingerprint density at radius 2 is 1.76 bits per heavy atom. The Bertz CT molecular complexity index is 345. The zero-order valence-electron chi connectivity index (χ0n) is 10.3. The minimum Gasteiger partial charge on any atom is -0.367 e. The fraction of sp³-hybridized carbons (Fsp3) is 0.538. The van der Waals surface area contributed by atoms with Crippen molar-refractivity contribution < 1.29 is 8.78 Å². The van der Waals surface area contributed by atoms with E-state index in [1.165, 1.54) is 12.1 Å². The van der Waals surface area contributed by atoms with Crippen molar-refractivity contribution in [3.05, 3.63) is 29.3 Å². The third kappa shape index (κ3) is 3.56. The summed E-state index contributed by atoms with van der Waals surface area (Å²) in [7, 11) is 0. The molecule has 0 aromatic heterocycles. The number of nitrogens with zero attached hydrogens (tertiary/aromatic N) is 1. The molecule has 1 aromatic carbocycles. The summed E-state index contributed by atoms with van der Waals surface area (Å²) in [6.07, 6.45) is 1.92. The molecule has 0 saturated carbocycles. The van der Waals surface area contributed by atoms with Crippen molar-refractivity contribution in [2.45, 2.75) is 32.6 Å². The Morgan fingerprint density at radius 1 is 1.18 bits per heavy atom. The van der Waals surface area contributed by atoms with Crippen molar-refractivity contribution in [1.29, 1.82) is 0 Å². The highest BCUT2D eigenvalue weighted by Gasteiger charge is 2.16. The van der Waals surface area contributed by atoms with Gasteiger partial charge in [-0.2, -0.15) is 0 Å². The van der Waals surface area contributed by atoms with Gasteiger partial charge in [0.25, 0.3) is 0 Å². The summed E-state index contributed by atoms with van der Waals surface area (Å²) in [4.78, 5) is 1.73. The largest absolute Gasteiger partial charge is 0.367 e. The molecule has 1 nitrogen and oxygen atoms in total. The van der Waals surface area contributed by atoms with Crippen LogP contribution in [0, 0.1) is 11.6 Å². The Labute approximate surface area is 106 Å². The summed E-state index contributed by atoms with van der Waals surface area (Å²) in [5.74, 6) is -0.938. The smallest absolute Gasteiger partial charge is 0.149 e. The second-order valence-corrected chi connectivity index (χ2v) is 4.24. The Balaban J connectivity index is 3.02. The van der Waals surface area contributed by atoms with Crippen LogP contribution in [-0.2, 0) is 5.88 Å². The number of hydrogen-bond donors (Lipinski definition) is 0. The average Bonchev–Trinajstić information content (AvgIpc) is 2.32. The molecule has 1 aromatic rings. The lowest BCUT2D eigenvalue weighted by molar-refractivity contribution is 0.566. The van der Waals surface area contributed by atoms with Crippen molar-refractivity contribution in [2.24, 2.45) is 0 Å². The fourth-order valence-electron chi connectivity index (χ4n) is 1.77. The number of rotatable bonds is 6. The number of halogens is 3. The van der Waals surface area contributed by atoms with Crippen molar-refractivity contribution in [3.63, 3.8) is 0 Å². The van der Waals surface area contributed by atoms with Crippen LogP contribution in [0.1, 0.15) is 32.3 Å². The van der Waals surface area contributed by atoms with E-state index in [4.69, 9.17) is 11.6 Å². The van der Waals surface area contributed by atoms with Crippen molar-refractivity contribution in [3.8, 4) is 0 Å². The third-order valence-electron chi connectivity index (χ3n) is 2.71. The molecule has 0 radical (unpaired) electrons. The molecule has 0 saturated heterocycles. The molecule has 0 unspecified atom stereocenters. The highest BCUT2D eigenvalue weighted by Crippen LogP contribution is 2.26. The van der Waals surface area contributed by atoms with E-state index in [-0.39, 0.29) is 11.6 Å². The first kappa shape index (κ1) is 14.2. The summed E-state index contributed by atoms with van der Waals surface area (Å²) in [6.45, 7) is 5.20. The lowest BCUT2D eigenvalue weighted by atomic mass is 10.1. The van der Waals surface area contributed by atoms with E-state index in [1.807, 2.05) is 6.92 Å². The van der Waals surface area contributed by atoms with Crippen LogP contribution in [0.5, 0.6) is 0 Å². The van der Waals surface area contributed by atoms with Gasteiger partial charge in [-0.15, -0.1) is 11.6 Å². The maximum Gasteiger partial charge on any atom is 0.149 e. The third-order valence-corrected chi connectivity index (χ3v) is 3.02. The second kappa shape index (κ2) is 6.80. The number of anilines is 1. The zero-order chi connectivity index (χ0) is 12.8. The van der Waals surface area contributed by atoms with Gasteiger partial charge in [-0.25, -0.2) is 8.78 Å². The molecule has 0 aliphatic heterocycles. The SMILES string of the molecule is CCCCN(CC)c1c(F)cc(CCl)cc1F. The summed E-state index contributed by atoms with van der Waals surface area (Å²) in [5.41, 5.74) is 0.534. The molecule has 1 rings (SSSR count). The fourth-order valence-corrected chi connectivity index (χ4v) is 1.93. The van der Waals surface area contributed by atoms with E-state index < -0.39 is 11.6 Å². The molecule has 0 bridgehead atoms. The minimum absolute atomic E-state index is 0.0646. The first-order chi connectivity index (χ1) is 8.13. The highest BCUT2D eigenvalue weighted by atomic mass is 35.5. The molecule has 4 heteroatoms. The first-order valence-corrected chi connectivity index (χ1v) is 6.46. The lowest BCUT2D eigenvalue weighted by Crippen LogP contribution is -2.26. The van der Waals surface area contributed by atoms with E-state index in [0.29, 0.717) is 18.7 Å². The Morgan fingerprint density at radius 3 is 2.18 bits per heavy atom. The Kier molecular flexibility index (Phi) is 5.69. The number of benzene rings is 1. The zero-order valence-corrected chi connectivity index (χ0v) is 11.0. The van der Waals surface area contributed by atoms with Crippen LogP contribution in [0.4, 0.5) is 14.5 Å². The standard InChI is InChI=1S/C13H18ClF2N/c1-3-5-6-17(4-2)13-11(15)7-10(9-14)8-12(13)16/h7-8H,3-6,9H2,1-2H3. The van der Waals surface area contributed by atoms with Crippen LogP contribution < -0.4 is 4.90 Å². The summed E-state index contributed by atoms with van der Waals surface area (Å²) in [5, 5.41) is 0. The molecular formula is C13H18ClF2N. The molecule has 0 amide bonds. The lowest BCUT2D eigenvalue weighted by Gasteiger charge is -2.24. The monoisotopic (exact) mass is 261 g/mol. The van der Waals surface area contributed by atoms with E-state index in [0.717, 1.165) is 12.8 Å². The molecule has 0 aliphatic rings. The molecule has 96 valence electrons. The van der Waals surface area contributed by atoms with Crippen LogP contribution in [0.2, 0.25) is 0 Å². The average molecular weight is 262 g/mol. The van der Waals surface area contributed by atoms with Gasteiger partial charge in [-0.1, -0.05) is 13.3 Å². The maximum atomic E-state index is 13.8. The van der Waals surface area contributed by atoms with E-state index in [1.54, 1.807) is 4.90 Å². The molecule has 0 N–H and O–H groups in total. The summed E-state index contributed by atoms with van der Waals surface area (Å²) < 4.78 is 27.6. The molecule has 0 spiro atoms. The number of unbranched alkanes of at least 4 members (excludes halogenated alkanes) is 1. The van der Waals surface area contributed by atoms with Gasteiger partial charge in [-0.05, 0) is 31.0 Å². The van der Waals surface area contributed by atoms with Crippen LogP contribution in [0.15, 0.2) is 12.1 Å². The highest BCUT2D eigenvalue weighted by molar-refractivity contribution is 6.17. The molecule has 0 heterocycles. The van der Waals surface area contributed by atoms with Crippen LogP contribution >= 0.6 is 11.6 Å². The van der Waals surface area contributed by atoms with Crippen molar-refractivity contribution in [2.75, 3.05) is 18.0 Å². The van der Waals surface area contributed by atoms with E-state index >= 15 is 0 Å². The normalized spacial score (nSPS) is 10.6.